The summed E-state index contributed by atoms with van der Waals surface area (Å²) in [6, 6.07) is 9.83. The Morgan fingerprint density at radius 3 is 2.45 bits per heavy atom. The van der Waals surface area contributed by atoms with Crippen molar-refractivity contribution in [3.63, 3.8) is 0 Å². The van der Waals surface area contributed by atoms with Gasteiger partial charge in [-0.1, -0.05) is 0 Å². The molecule has 2 heterocycles. The standard InChI is InChI=1S/C17H17N3O2/c1-21-16-7-12-5-6-20(11-13(12)8-17(16)22-2)15-4-3-14(9-18)19-10-15/h3-4,7-8,10H,5-6,11H2,1-2H3. The summed E-state index contributed by atoms with van der Waals surface area (Å²) in [6.45, 7) is 1.71. The summed E-state index contributed by atoms with van der Waals surface area (Å²) in [7, 11) is 3.30. The van der Waals surface area contributed by atoms with Crippen molar-refractivity contribution in [2.24, 2.45) is 0 Å². The second kappa shape index (κ2) is 5.94. The zero-order chi connectivity index (χ0) is 15.5. The van der Waals surface area contributed by atoms with E-state index in [9.17, 15) is 0 Å². The first-order chi connectivity index (χ1) is 10.7. The Hall–Kier alpha value is -2.74. The van der Waals surface area contributed by atoms with Crippen molar-refractivity contribution in [3.05, 3.63) is 47.3 Å². The predicted octanol–water partition coefficient (Wildman–Crippen LogP) is 2.53. The first-order valence-electron chi connectivity index (χ1n) is 7.10. The Morgan fingerprint density at radius 1 is 1.14 bits per heavy atom. The van der Waals surface area contributed by atoms with Gasteiger partial charge < -0.3 is 14.4 Å². The maximum Gasteiger partial charge on any atom is 0.161 e. The van der Waals surface area contributed by atoms with Crippen molar-refractivity contribution in [3.8, 4) is 17.6 Å². The predicted molar refractivity (Wildman–Crippen MR) is 83.3 cm³/mol. The molecule has 0 radical (unpaired) electrons. The van der Waals surface area contributed by atoms with E-state index in [1.807, 2.05) is 18.2 Å². The second-order valence-corrected chi connectivity index (χ2v) is 5.16. The monoisotopic (exact) mass is 295 g/mol. The lowest BCUT2D eigenvalue weighted by atomic mass is 9.98. The molecule has 0 saturated heterocycles. The van der Waals surface area contributed by atoms with Crippen LogP contribution >= 0.6 is 0 Å². The van der Waals surface area contributed by atoms with E-state index in [2.05, 4.69) is 16.0 Å². The minimum absolute atomic E-state index is 0.438. The highest BCUT2D eigenvalue weighted by molar-refractivity contribution is 5.53. The van der Waals surface area contributed by atoms with Gasteiger partial charge in [0.15, 0.2) is 11.5 Å². The Labute approximate surface area is 129 Å². The number of methoxy groups -OCH3 is 2. The van der Waals surface area contributed by atoms with Crippen molar-refractivity contribution < 1.29 is 9.47 Å². The van der Waals surface area contributed by atoms with Crippen molar-refractivity contribution in [1.82, 2.24) is 4.98 Å². The molecule has 5 heteroatoms. The lowest BCUT2D eigenvalue weighted by Crippen LogP contribution is -2.30. The highest BCUT2D eigenvalue weighted by Crippen LogP contribution is 2.34. The molecule has 0 bridgehead atoms. The molecule has 2 aromatic rings. The van der Waals surface area contributed by atoms with Gasteiger partial charge in [0.25, 0.3) is 0 Å². The minimum atomic E-state index is 0.438. The third-order valence-electron chi connectivity index (χ3n) is 3.95. The second-order valence-electron chi connectivity index (χ2n) is 5.16. The van der Waals surface area contributed by atoms with Crippen LogP contribution in [0.2, 0.25) is 0 Å². The molecular weight excluding hydrogens is 278 g/mol. The lowest BCUT2D eigenvalue weighted by Gasteiger charge is -2.31. The van der Waals surface area contributed by atoms with Gasteiger partial charge in [-0.05, 0) is 41.8 Å². The van der Waals surface area contributed by atoms with Gasteiger partial charge in [0.1, 0.15) is 11.8 Å². The van der Waals surface area contributed by atoms with Crippen LogP contribution in [0.4, 0.5) is 5.69 Å². The molecule has 0 amide bonds. The van der Waals surface area contributed by atoms with Crippen LogP contribution in [0.3, 0.4) is 0 Å². The molecule has 1 aliphatic heterocycles. The Morgan fingerprint density at radius 2 is 1.86 bits per heavy atom. The normalized spacial score (nSPS) is 13.2. The van der Waals surface area contributed by atoms with E-state index in [4.69, 9.17) is 14.7 Å². The summed E-state index contributed by atoms with van der Waals surface area (Å²) in [5.74, 6) is 1.52. The van der Waals surface area contributed by atoms with E-state index < -0.39 is 0 Å². The molecule has 5 nitrogen and oxygen atoms in total. The van der Waals surface area contributed by atoms with E-state index in [1.165, 1.54) is 11.1 Å². The van der Waals surface area contributed by atoms with Crippen LogP contribution in [0, 0.1) is 11.3 Å². The zero-order valence-corrected chi connectivity index (χ0v) is 12.7. The van der Waals surface area contributed by atoms with Crippen molar-refractivity contribution in [2.45, 2.75) is 13.0 Å². The average Bonchev–Trinajstić information content (AvgIpc) is 2.60. The molecule has 1 aromatic carbocycles. The Kier molecular flexibility index (Phi) is 3.84. The fraction of sp³-hybridized carbons (Fsp3) is 0.294. The summed E-state index contributed by atoms with van der Waals surface area (Å²) in [5.41, 5.74) is 3.98. The maximum atomic E-state index is 8.82. The van der Waals surface area contributed by atoms with Gasteiger partial charge in [0.05, 0.1) is 26.1 Å². The van der Waals surface area contributed by atoms with Crippen molar-refractivity contribution >= 4 is 5.69 Å². The SMILES string of the molecule is COc1cc2c(cc1OC)CN(c1ccc(C#N)nc1)CC2. The van der Waals surface area contributed by atoms with Crippen molar-refractivity contribution in [2.75, 3.05) is 25.7 Å². The average molecular weight is 295 g/mol. The lowest BCUT2D eigenvalue weighted by molar-refractivity contribution is 0.353. The number of anilines is 1. The zero-order valence-electron chi connectivity index (χ0n) is 12.7. The van der Waals surface area contributed by atoms with E-state index in [0.29, 0.717) is 5.69 Å². The van der Waals surface area contributed by atoms with Gasteiger partial charge in [-0.15, -0.1) is 0 Å². The molecule has 0 N–H and O–H groups in total. The molecule has 0 spiro atoms. The molecule has 0 unspecified atom stereocenters. The highest BCUT2D eigenvalue weighted by atomic mass is 16.5. The van der Waals surface area contributed by atoms with E-state index in [0.717, 1.165) is 36.7 Å². The quantitative estimate of drug-likeness (QED) is 0.871. The number of hydrogen-bond donors (Lipinski definition) is 0. The molecule has 0 fully saturated rings. The van der Waals surface area contributed by atoms with Gasteiger partial charge in [-0.2, -0.15) is 5.26 Å². The maximum absolute atomic E-state index is 8.82. The molecule has 0 saturated carbocycles. The number of fused-ring (bicyclic) bond motifs is 1. The van der Waals surface area contributed by atoms with Crippen LogP contribution in [-0.2, 0) is 13.0 Å². The summed E-state index contributed by atoms with van der Waals surface area (Å²) in [6.07, 6.45) is 2.69. The van der Waals surface area contributed by atoms with Gasteiger partial charge in [-0.25, -0.2) is 4.98 Å². The van der Waals surface area contributed by atoms with Crippen LogP contribution in [0.25, 0.3) is 0 Å². The van der Waals surface area contributed by atoms with E-state index in [1.54, 1.807) is 26.5 Å². The number of rotatable bonds is 3. The Bertz CT molecular complexity index is 720. The first kappa shape index (κ1) is 14.2. The van der Waals surface area contributed by atoms with Crippen LogP contribution in [-0.4, -0.2) is 25.7 Å². The van der Waals surface area contributed by atoms with E-state index >= 15 is 0 Å². The molecule has 0 aliphatic carbocycles. The number of hydrogen-bond acceptors (Lipinski definition) is 5. The van der Waals surface area contributed by atoms with Gasteiger partial charge >= 0.3 is 0 Å². The summed E-state index contributed by atoms with van der Waals surface area (Å²) >= 11 is 0. The van der Waals surface area contributed by atoms with E-state index in [-0.39, 0.29) is 0 Å². The highest BCUT2D eigenvalue weighted by Gasteiger charge is 2.19. The van der Waals surface area contributed by atoms with Crippen molar-refractivity contribution in [1.29, 1.82) is 5.26 Å². The molecular formula is C17H17N3O2. The first-order valence-corrected chi connectivity index (χ1v) is 7.10. The van der Waals surface area contributed by atoms with Gasteiger partial charge in [-0.3, -0.25) is 0 Å². The minimum Gasteiger partial charge on any atom is -0.493 e. The van der Waals surface area contributed by atoms with Crippen LogP contribution in [0.5, 0.6) is 11.5 Å². The third-order valence-corrected chi connectivity index (χ3v) is 3.95. The molecule has 0 atom stereocenters. The fourth-order valence-electron chi connectivity index (χ4n) is 2.74. The number of nitriles is 1. The number of aromatic nitrogens is 1. The largest absolute Gasteiger partial charge is 0.493 e. The number of benzene rings is 1. The van der Waals surface area contributed by atoms with Gasteiger partial charge in [0.2, 0.25) is 0 Å². The van der Waals surface area contributed by atoms with Crippen LogP contribution in [0.1, 0.15) is 16.8 Å². The molecule has 1 aromatic heterocycles. The van der Waals surface area contributed by atoms with Crippen LogP contribution < -0.4 is 14.4 Å². The summed E-state index contributed by atoms with van der Waals surface area (Å²) < 4.78 is 10.7. The number of nitrogens with zero attached hydrogens (tertiary/aromatic N) is 3. The van der Waals surface area contributed by atoms with Gasteiger partial charge in [0, 0.05) is 13.1 Å². The molecule has 1 aliphatic rings. The summed E-state index contributed by atoms with van der Waals surface area (Å²) in [5, 5.41) is 8.82. The fourth-order valence-corrected chi connectivity index (χ4v) is 2.74. The van der Waals surface area contributed by atoms with Crippen LogP contribution in [0.15, 0.2) is 30.5 Å². The third kappa shape index (κ3) is 2.56. The Balaban J connectivity index is 1.88. The number of ether oxygens (including phenoxy) is 2. The molecule has 22 heavy (non-hydrogen) atoms. The smallest absolute Gasteiger partial charge is 0.161 e. The number of pyridine rings is 1. The topological polar surface area (TPSA) is 58.4 Å². The molecule has 3 rings (SSSR count). The summed E-state index contributed by atoms with van der Waals surface area (Å²) in [4.78, 5) is 6.39. The molecule has 112 valence electrons.